The van der Waals surface area contributed by atoms with Gasteiger partial charge in [-0.25, -0.2) is 0 Å². The van der Waals surface area contributed by atoms with Gasteiger partial charge in [-0.3, -0.25) is 24.5 Å². The third-order valence-electron chi connectivity index (χ3n) is 6.66. The summed E-state index contributed by atoms with van der Waals surface area (Å²) in [5.74, 6) is -0.819. The van der Waals surface area contributed by atoms with Crippen LogP contribution in [0.25, 0.3) is 10.9 Å². The van der Waals surface area contributed by atoms with Crippen LogP contribution in [0.15, 0.2) is 47.3 Å². The molecular weight excluding hydrogens is 462 g/mol. The van der Waals surface area contributed by atoms with E-state index in [-0.39, 0.29) is 40.1 Å². The molecule has 10 nitrogen and oxygen atoms in total. The van der Waals surface area contributed by atoms with Crippen molar-refractivity contribution < 1.29 is 14.5 Å². The van der Waals surface area contributed by atoms with Gasteiger partial charge in [0.05, 0.1) is 16.1 Å². The Morgan fingerprint density at radius 3 is 2.47 bits per heavy atom. The zero-order valence-corrected chi connectivity index (χ0v) is 20.2. The average molecular weight is 492 g/mol. The minimum Gasteiger partial charge on any atom is -0.374 e. The number of carbonyl (C=O) groups excluding carboxylic acids is 2. The number of H-pyrrole nitrogens is 1. The van der Waals surface area contributed by atoms with Gasteiger partial charge in [-0.05, 0) is 37.0 Å². The number of aromatic nitrogens is 1. The molecule has 4 N–H and O–H groups in total. The number of aromatic amines is 1. The van der Waals surface area contributed by atoms with Crippen molar-refractivity contribution >= 4 is 34.1 Å². The number of pyridine rings is 1. The number of hydrogen-bond acceptors (Lipinski definition) is 6. The zero-order valence-electron chi connectivity index (χ0n) is 20.2. The van der Waals surface area contributed by atoms with Crippen LogP contribution in [0.3, 0.4) is 0 Å². The molecule has 2 atom stereocenters. The Morgan fingerprint density at radius 2 is 1.78 bits per heavy atom. The lowest BCUT2D eigenvalue weighted by Gasteiger charge is -2.34. The molecule has 1 aliphatic carbocycles. The fourth-order valence-corrected chi connectivity index (χ4v) is 4.80. The fraction of sp³-hybridized carbons (Fsp3) is 0.346. The van der Waals surface area contributed by atoms with Crippen molar-refractivity contribution in [2.75, 3.05) is 12.4 Å². The number of para-hydroxylation sites is 1. The van der Waals surface area contributed by atoms with Crippen molar-refractivity contribution in [3.8, 4) is 0 Å². The number of nitro benzene ring substituents is 1. The smallest absolute Gasteiger partial charge is 0.293 e. The van der Waals surface area contributed by atoms with Crippen molar-refractivity contribution in [3.63, 3.8) is 0 Å². The Hall–Kier alpha value is -4.21. The molecule has 0 unspecified atom stereocenters. The van der Waals surface area contributed by atoms with Crippen LogP contribution in [-0.4, -0.2) is 40.9 Å². The number of nitrogens with zero attached hydrogens (tertiary/aromatic N) is 1. The summed E-state index contributed by atoms with van der Waals surface area (Å²) in [5.41, 5.74) is 1.30. The number of carbonyl (C=O) groups is 2. The first-order valence-electron chi connectivity index (χ1n) is 12.0. The van der Waals surface area contributed by atoms with Gasteiger partial charge < -0.3 is 20.9 Å². The van der Waals surface area contributed by atoms with Gasteiger partial charge in [-0.1, -0.05) is 38.0 Å². The Kier molecular flexibility index (Phi) is 7.33. The van der Waals surface area contributed by atoms with Gasteiger partial charge in [-0.15, -0.1) is 0 Å². The molecule has 1 fully saturated rings. The van der Waals surface area contributed by atoms with Crippen LogP contribution in [0.1, 0.15) is 58.9 Å². The lowest BCUT2D eigenvalue weighted by Crippen LogP contribution is -2.49. The molecule has 0 bridgehead atoms. The van der Waals surface area contributed by atoms with Gasteiger partial charge in [0.1, 0.15) is 5.69 Å². The van der Waals surface area contributed by atoms with Crippen LogP contribution in [0.4, 0.5) is 11.4 Å². The Morgan fingerprint density at radius 1 is 1.06 bits per heavy atom. The second-order valence-electron chi connectivity index (χ2n) is 8.94. The highest BCUT2D eigenvalue weighted by molar-refractivity contribution is 6.06. The molecule has 0 radical (unpaired) electrons. The number of fused-ring (bicyclic) bond motifs is 1. The summed E-state index contributed by atoms with van der Waals surface area (Å²) < 4.78 is 0. The van der Waals surface area contributed by atoms with Gasteiger partial charge in [-0.2, -0.15) is 0 Å². The van der Waals surface area contributed by atoms with E-state index in [1.807, 2.05) is 6.92 Å². The third kappa shape index (κ3) is 5.07. The summed E-state index contributed by atoms with van der Waals surface area (Å²) in [6.45, 7) is 1.87. The van der Waals surface area contributed by atoms with Crippen molar-refractivity contribution in [1.29, 1.82) is 0 Å². The largest absolute Gasteiger partial charge is 0.374 e. The van der Waals surface area contributed by atoms with Crippen molar-refractivity contribution in [3.05, 3.63) is 79.6 Å². The van der Waals surface area contributed by atoms with E-state index in [2.05, 4.69) is 20.9 Å². The summed E-state index contributed by atoms with van der Waals surface area (Å²) in [5, 5.41) is 21.4. The van der Waals surface area contributed by atoms with Gasteiger partial charge >= 0.3 is 0 Å². The van der Waals surface area contributed by atoms with E-state index in [9.17, 15) is 24.5 Å². The summed E-state index contributed by atoms with van der Waals surface area (Å²) in [6.07, 6.45) is 3.59. The monoisotopic (exact) mass is 491 g/mol. The molecule has 2 aromatic carbocycles. The zero-order chi connectivity index (χ0) is 25.8. The molecule has 0 aliphatic heterocycles. The standard InChI is InChI=1S/C26H29N5O5/c1-3-15-12-18(25(33)27-2)24(22(13-15)31(35)36)29-20-10-6-7-11-21(20)30-26(34)17-14-23(32)28-19-9-5-4-8-16(17)19/h4-5,8-9,12-14,20-21,29H,3,6-7,10-11H2,1-2H3,(H,27,33)(H,28,32)(H,30,34)/t20-,21+/m1/s1. The van der Waals surface area contributed by atoms with Gasteiger partial charge in [0, 0.05) is 42.2 Å². The predicted octanol–water partition coefficient (Wildman–Crippen LogP) is 3.51. The first kappa shape index (κ1) is 24.9. The maximum absolute atomic E-state index is 13.3. The SMILES string of the molecule is CCc1cc(C(=O)NC)c(N[C@@H]2CCCC[C@@H]2NC(=O)c2cc(=O)[nH]c3ccccc23)c([N+](=O)[O-])c1. The number of nitro groups is 1. The highest BCUT2D eigenvalue weighted by Gasteiger charge is 2.31. The molecular formula is C26H29N5O5. The minimum absolute atomic E-state index is 0.143. The average Bonchev–Trinajstić information content (AvgIpc) is 2.88. The van der Waals surface area contributed by atoms with E-state index in [0.717, 1.165) is 12.8 Å². The predicted molar refractivity (Wildman–Crippen MR) is 138 cm³/mol. The lowest BCUT2D eigenvalue weighted by atomic mass is 9.89. The number of amides is 2. The summed E-state index contributed by atoms with van der Waals surface area (Å²) in [7, 11) is 1.48. The van der Waals surface area contributed by atoms with Gasteiger partial charge in [0.25, 0.3) is 17.5 Å². The number of rotatable bonds is 7. The van der Waals surface area contributed by atoms with Crippen LogP contribution in [0, 0.1) is 10.1 Å². The van der Waals surface area contributed by atoms with E-state index in [4.69, 9.17) is 0 Å². The van der Waals surface area contributed by atoms with E-state index in [1.165, 1.54) is 19.2 Å². The summed E-state index contributed by atoms with van der Waals surface area (Å²) in [6, 6.07) is 10.8. The molecule has 0 spiro atoms. The van der Waals surface area contributed by atoms with E-state index < -0.39 is 16.7 Å². The maximum atomic E-state index is 13.3. The molecule has 1 aliphatic rings. The first-order valence-corrected chi connectivity index (χ1v) is 12.0. The molecule has 4 rings (SSSR count). The highest BCUT2D eigenvalue weighted by atomic mass is 16.6. The summed E-state index contributed by atoms with van der Waals surface area (Å²) in [4.78, 5) is 52.2. The lowest BCUT2D eigenvalue weighted by molar-refractivity contribution is -0.384. The second kappa shape index (κ2) is 10.6. The van der Waals surface area contributed by atoms with Crippen molar-refractivity contribution in [2.24, 2.45) is 0 Å². The number of benzene rings is 2. The fourth-order valence-electron chi connectivity index (χ4n) is 4.80. The number of hydrogen-bond donors (Lipinski definition) is 4. The molecule has 3 aromatic rings. The molecule has 10 heteroatoms. The van der Waals surface area contributed by atoms with Gasteiger partial charge in [0.2, 0.25) is 5.56 Å². The quantitative estimate of drug-likeness (QED) is 0.294. The number of nitrogens with one attached hydrogen (secondary N) is 4. The Balaban J connectivity index is 1.67. The van der Waals surface area contributed by atoms with Crippen LogP contribution in [0.5, 0.6) is 0 Å². The molecule has 0 saturated heterocycles. The Bertz CT molecular complexity index is 1380. The second-order valence-corrected chi connectivity index (χ2v) is 8.94. The van der Waals surface area contributed by atoms with E-state index in [0.29, 0.717) is 35.7 Å². The summed E-state index contributed by atoms with van der Waals surface area (Å²) >= 11 is 0. The molecule has 2 amide bonds. The Labute approximate surface area is 207 Å². The minimum atomic E-state index is -0.493. The van der Waals surface area contributed by atoms with Crippen LogP contribution < -0.4 is 21.5 Å². The molecule has 1 aromatic heterocycles. The topological polar surface area (TPSA) is 146 Å². The van der Waals surface area contributed by atoms with E-state index >= 15 is 0 Å². The molecule has 1 saturated carbocycles. The number of anilines is 1. The normalized spacial score (nSPS) is 17.4. The first-order chi connectivity index (χ1) is 17.3. The highest BCUT2D eigenvalue weighted by Crippen LogP contribution is 2.34. The van der Waals surface area contributed by atoms with Crippen molar-refractivity contribution in [1.82, 2.24) is 15.6 Å². The molecule has 1 heterocycles. The number of aryl methyl sites for hydroxylation is 1. The van der Waals surface area contributed by atoms with Crippen LogP contribution in [0.2, 0.25) is 0 Å². The third-order valence-corrected chi connectivity index (χ3v) is 6.66. The van der Waals surface area contributed by atoms with Crippen molar-refractivity contribution in [2.45, 2.75) is 51.1 Å². The van der Waals surface area contributed by atoms with E-state index in [1.54, 1.807) is 30.3 Å². The molecule has 36 heavy (non-hydrogen) atoms. The van der Waals surface area contributed by atoms with Crippen LogP contribution >= 0.6 is 0 Å². The van der Waals surface area contributed by atoms with Gasteiger partial charge in [0.15, 0.2) is 0 Å². The molecule has 188 valence electrons. The maximum Gasteiger partial charge on any atom is 0.293 e. The van der Waals surface area contributed by atoms with Crippen LogP contribution in [-0.2, 0) is 6.42 Å².